The first-order valence-electron chi connectivity index (χ1n) is 7.40. The molecule has 0 aliphatic rings. The van der Waals surface area contributed by atoms with Gasteiger partial charge in [-0.05, 0) is 23.3 Å². The average Bonchev–Trinajstić information content (AvgIpc) is 2.59. The molecule has 5 heteroatoms. The number of amides is 2. The Balaban J connectivity index is 2.15. The number of terminal acetylenes is 1. The van der Waals surface area contributed by atoms with Crippen LogP contribution in [0.3, 0.4) is 0 Å². The van der Waals surface area contributed by atoms with Crippen molar-refractivity contribution in [3.63, 3.8) is 0 Å². The lowest BCUT2D eigenvalue weighted by molar-refractivity contribution is -0.129. The van der Waals surface area contributed by atoms with Crippen molar-refractivity contribution in [3.8, 4) is 12.3 Å². The van der Waals surface area contributed by atoms with Gasteiger partial charge in [-0.2, -0.15) is 0 Å². The molecule has 1 atom stereocenters. The van der Waals surface area contributed by atoms with Gasteiger partial charge in [0.15, 0.2) is 0 Å². The lowest BCUT2D eigenvalue weighted by atomic mass is 9.98. The van der Waals surface area contributed by atoms with E-state index in [4.69, 9.17) is 18.0 Å². The van der Waals surface area contributed by atoms with E-state index in [0.29, 0.717) is 5.02 Å². The lowest BCUT2D eigenvalue weighted by Crippen LogP contribution is -2.34. The second kappa shape index (κ2) is 8.76. The quantitative estimate of drug-likeness (QED) is 0.627. The van der Waals surface area contributed by atoms with Gasteiger partial charge in [-0.15, -0.1) is 6.42 Å². The van der Waals surface area contributed by atoms with Crippen LogP contribution in [0.5, 0.6) is 0 Å². The highest BCUT2D eigenvalue weighted by Gasteiger charge is 2.18. The summed E-state index contributed by atoms with van der Waals surface area (Å²) in [6.45, 7) is 0.103. The van der Waals surface area contributed by atoms with E-state index in [0.717, 1.165) is 11.1 Å². The summed E-state index contributed by atoms with van der Waals surface area (Å²) in [4.78, 5) is 23.8. The Morgan fingerprint density at radius 2 is 1.62 bits per heavy atom. The largest absolute Gasteiger partial charge is 0.345 e. The highest BCUT2D eigenvalue weighted by Crippen LogP contribution is 2.23. The molecule has 2 aromatic rings. The average molecular weight is 341 g/mol. The molecule has 0 spiro atoms. The van der Waals surface area contributed by atoms with E-state index in [1.54, 1.807) is 12.1 Å². The van der Waals surface area contributed by atoms with Crippen molar-refractivity contribution in [1.82, 2.24) is 10.6 Å². The van der Waals surface area contributed by atoms with Crippen LogP contribution in [0.1, 0.15) is 23.6 Å². The number of carbonyl (C=O) groups is 2. The van der Waals surface area contributed by atoms with E-state index in [1.165, 1.54) is 0 Å². The number of hydrogen-bond acceptors (Lipinski definition) is 2. The van der Waals surface area contributed by atoms with Crippen molar-refractivity contribution in [2.24, 2.45) is 0 Å². The smallest absolute Gasteiger partial charge is 0.230 e. The maximum atomic E-state index is 12.2. The molecule has 2 rings (SSSR count). The van der Waals surface area contributed by atoms with Gasteiger partial charge < -0.3 is 10.6 Å². The fourth-order valence-electron chi connectivity index (χ4n) is 2.23. The summed E-state index contributed by atoms with van der Waals surface area (Å²) in [5.74, 6) is 1.50. The molecule has 2 amide bonds. The Morgan fingerprint density at radius 3 is 2.25 bits per heavy atom. The van der Waals surface area contributed by atoms with Crippen LogP contribution >= 0.6 is 11.6 Å². The van der Waals surface area contributed by atoms with Crippen LogP contribution in [0.4, 0.5) is 0 Å². The molecular formula is C19H17ClN2O2. The van der Waals surface area contributed by atoms with Crippen molar-refractivity contribution >= 4 is 23.4 Å². The Labute approximate surface area is 146 Å². The van der Waals surface area contributed by atoms with Gasteiger partial charge in [-0.1, -0.05) is 60.0 Å². The Hall–Kier alpha value is -2.77. The molecule has 0 aliphatic heterocycles. The van der Waals surface area contributed by atoms with Crippen LogP contribution in [-0.2, 0) is 9.59 Å². The summed E-state index contributed by atoms with van der Waals surface area (Å²) in [6, 6.07) is 16.4. The maximum absolute atomic E-state index is 12.2. The molecule has 1 unspecified atom stereocenters. The standard InChI is InChI=1S/C19H17ClN2O2/c1-2-12-21-17(23)13-18(24)22-19(14-6-4-3-5-7-14)15-8-10-16(20)11-9-15/h1,3-11,19H,12-13H2,(H,21,23)(H,22,24). The summed E-state index contributed by atoms with van der Waals surface area (Å²) < 4.78 is 0. The zero-order valence-corrected chi connectivity index (χ0v) is 13.7. The van der Waals surface area contributed by atoms with Crippen LogP contribution < -0.4 is 10.6 Å². The topological polar surface area (TPSA) is 58.2 Å². The van der Waals surface area contributed by atoms with Gasteiger partial charge >= 0.3 is 0 Å². The number of nitrogens with one attached hydrogen (secondary N) is 2. The summed E-state index contributed by atoms with van der Waals surface area (Å²) in [7, 11) is 0. The molecule has 0 heterocycles. The summed E-state index contributed by atoms with van der Waals surface area (Å²) in [5.41, 5.74) is 1.79. The molecule has 4 nitrogen and oxygen atoms in total. The Kier molecular flexibility index (Phi) is 6.41. The predicted octanol–water partition coefficient (Wildman–Crippen LogP) is 2.69. The number of hydrogen-bond donors (Lipinski definition) is 2. The van der Waals surface area contributed by atoms with Crippen molar-refractivity contribution in [1.29, 1.82) is 0 Å². The fraction of sp³-hybridized carbons (Fsp3) is 0.158. The summed E-state index contributed by atoms with van der Waals surface area (Å²) >= 11 is 5.93. The molecule has 0 fully saturated rings. The second-order valence-electron chi connectivity index (χ2n) is 5.12. The molecule has 0 bridgehead atoms. The minimum Gasteiger partial charge on any atom is -0.345 e. The zero-order chi connectivity index (χ0) is 17.4. The van der Waals surface area contributed by atoms with Crippen LogP contribution in [0.15, 0.2) is 54.6 Å². The third-order valence-corrected chi connectivity index (χ3v) is 3.60. The van der Waals surface area contributed by atoms with Gasteiger partial charge in [0.05, 0.1) is 12.6 Å². The van der Waals surface area contributed by atoms with E-state index in [2.05, 4.69) is 16.6 Å². The molecule has 0 aliphatic carbocycles. The molecule has 2 aromatic carbocycles. The van der Waals surface area contributed by atoms with Crippen LogP contribution in [-0.4, -0.2) is 18.4 Å². The Morgan fingerprint density at radius 1 is 1.00 bits per heavy atom. The Bertz CT molecular complexity index is 736. The van der Waals surface area contributed by atoms with E-state index in [1.807, 2.05) is 42.5 Å². The molecule has 0 saturated heterocycles. The second-order valence-corrected chi connectivity index (χ2v) is 5.56. The van der Waals surface area contributed by atoms with Gasteiger partial charge in [0, 0.05) is 5.02 Å². The highest BCUT2D eigenvalue weighted by atomic mass is 35.5. The van der Waals surface area contributed by atoms with Crippen LogP contribution in [0, 0.1) is 12.3 Å². The third-order valence-electron chi connectivity index (χ3n) is 3.35. The minimum atomic E-state index is -0.409. The van der Waals surface area contributed by atoms with E-state index < -0.39 is 5.91 Å². The zero-order valence-electron chi connectivity index (χ0n) is 13.0. The summed E-state index contributed by atoms with van der Waals surface area (Å²) in [6.07, 6.45) is 4.80. The van der Waals surface area contributed by atoms with Crippen molar-refractivity contribution in [3.05, 3.63) is 70.7 Å². The molecule has 24 heavy (non-hydrogen) atoms. The van der Waals surface area contributed by atoms with Crippen molar-refractivity contribution < 1.29 is 9.59 Å². The molecular weight excluding hydrogens is 324 g/mol. The maximum Gasteiger partial charge on any atom is 0.230 e. The normalized spacial score (nSPS) is 11.2. The van der Waals surface area contributed by atoms with Gasteiger partial charge in [-0.3, -0.25) is 9.59 Å². The first-order valence-corrected chi connectivity index (χ1v) is 7.78. The third kappa shape index (κ3) is 5.15. The molecule has 0 saturated carbocycles. The van der Waals surface area contributed by atoms with Gasteiger partial charge in [0.25, 0.3) is 0 Å². The van der Waals surface area contributed by atoms with Gasteiger partial charge in [0.2, 0.25) is 11.8 Å². The fourth-order valence-corrected chi connectivity index (χ4v) is 2.36. The van der Waals surface area contributed by atoms with E-state index in [-0.39, 0.29) is 24.9 Å². The van der Waals surface area contributed by atoms with Gasteiger partial charge in [-0.25, -0.2) is 0 Å². The van der Waals surface area contributed by atoms with E-state index in [9.17, 15) is 9.59 Å². The molecule has 122 valence electrons. The molecule has 0 radical (unpaired) electrons. The lowest BCUT2D eigenvalue weighted by Gasteiger charge is -2.20. The van der Waals surface area contributed by atoms with Crippen molar-refractivity contribution in [2.45, 2.75) is 12.5 Å². The van der Waals surface area contributed by atoms with Crippen LogP contribution in [0.2, 0.25) is 5.02 Å². The highest BCUT2D eigenvalue weighted by molar-refractivity contribution is 6.30. The number of carbonyl (C=O) groups excluding carboxylic acids is 2. The van der Waals surface area contributed by atoms with Crippen LogP contribution in [0.25, 0.3) is 0 Å². The van der Waals surface area contributed by atoms with Crippen molar-refractivity contribution in [2.75, 3.05) is 6.54 Å². The minimum absolute atomic E-state index is 0.103. The molecule has 2 N–H and O–H groups in total. The first-order chi connectivity index (χ1) is 11.6. The SMILES string of the molecule is C#CCNC(=O)CC(=O)NC(c1ccccc1)c1ccc(Cl)cc1. The summed E-state index contributed by atoms with van der Waals surface area (Å²) in [5, 5.41) is 5.97. The predicted molar refractivity (Wildman–Crippen MR) is 94.3 cm³/mol. The first kappa shape index (κ1) is 17.6. The van der Waals surface area contributed by atoms with E-state index >= 15 is 0 Å². The monoisotopic (exact) mass is 340 g/mol. The number of benzene rings is 2. The molecule has 0 aromatic heterocycles. The van der Waals surface area contributed by atoms with Gasteiger partial charge in [0.1, 0.15) is 6.42 Å². The number of rotatable bonds is 6. The number of halogens is 1.